The van der Waals surface area contributed by atoms with Gasteiger partial charge in [-0.05, 0) is 87.4 Å². The third-order valence-electron chi connectivity index (χ3n) is 8.64. The molecule has 136 valence electrons. The normalized spacial score (nSPS) is 45.4. The molecule has 4 aliphatic carbocycles. The molecule has 24 heavy (non-hydrogen) atoms. The summed E-state index contributed by atoms with van der Waals surface area (Å²) in [6.45, 7) is 9.20. The Balaban J connectivity index is 1.41. The van der Waals surface area contributed by atoms with Crippen LogP contribution in [0.4, 0.5) is 0 Å². The minimum Gasteiger partial charge on any atom is -0.459 e. The Morgan fingerprint density at radius 3 is 2.38 bits per heavy atom. The molecule has 0 aromatic heterocycles. The van der Waals surface area contributed by atoms with E-state index in [0.717, 1.165) is 36.0 Å². The van der Waals surface area contributed by atoms with Crippen LogP contribution in [0, 0.1) is 47.3 Å². The minimum atomic E-state index is -0.269. The summed E-state index contributed by atoms with van der Waals surface area (Å²) in [5.41, 5.74) is -0.269. The fraction of sp³-hybridized carbons (Fsp3) is 0.955. The maximum Gasteiger partial charge on any atom is 0.309 e. The largest absolute Gasteiger partial charge is 0.459 e. The van der Waals surface area contributed by atoms with E-state index in [1.165, 1.54) is 44.9 Å². The minimum absolute atomic E-state index is 0.142. The van der Waals surface area contributed by atoms with Crippen molar-refractivity contribution in [3.05, 3.63) is 0 Å². The molecule has 7 atom stereocenters. The Labute approximate surface area is 148 Å². The van der Waals surface area contributed by atoms with Crippen LogP contribution in [-0.4, -0.2) is 11.6 Å². The van der Waals surface area contributed by atoms with Crippen molar-refractivity contribution in [1.29, 1.82) is 0 Å². The topological polar surface area (TPSA) is 26.3 Å². The molecule has 0 spiro atoms. The van der Waals surface area contributed by atoms with Gasteiger partial charge in [0.1, 0.15) is 5.60 Å². The van der Waals surface area contributed by atoms with Gasteiger partial charge < -0.3 is 4.74 Å². The van der Waals surface area contributed by atoms with Gasteiger partial charge in [-0.3, -0.25) is 4.79 Å². The zero-order chi connectivity index (χ0) is 17.1. The van der Waals surface area contributed by atoms with Crippen molar-refractivity contribution in [3.63, 3.8) is 0 Å². The number of carbonyl (C=O) groups excluding carboxylic acids is 1. The second-order valence-electron chi connectivity index (χ2n) is 10.2. The zero-order valence-corrected chi connectivity index (χ0v) is 16.1. The molecule has 2 nitrogen and oxygen atoms in total. The van der Waals surface area contributed by atoms with E-state index in [1.807, 2.05) is 0 Å². The van der Waals surface area contributed by atoms with E-state index in [9.17, 15) is 4.79 Å². The van der Waals surface area contributed by atoms with Crippen LogP contribution in [-0.2, 0) is 9.53 Å². The van der Waals surface area contributed by atoms with Gasteiger partial charge in [0.05, 0.1) is 5.92 Å². The highest BCUT2D eigenvalue weighted by Gasteiger charge is 2.60. The van der Waals surface area contributed by atoms with Gasteiger partial charge in [-0.15, -0.1) is 0 Å². The number of fused-ring (bicyclic) bond motifs is 5. The molecule has 2 bridgehead atoms. The highest BCUT2D eigenvalue weighted by molar-refractivity contribution is 5.74. The quantitative estimate of drug-likeness (QED) is 0.642. The Morgan fingerprint density at radius 2 is 1.67 bits per heavy atom. The van der Waals surface area contributed by atoms with Gasteiger partial charge in [0, 0.05) is 0 Å². The number of hydrogen-bond acceptors (Lipinski definition) is 2. The molecule has 4 fully saturated rings. The van der Waals surface area contributed by atoms with E-state index >= 15 is 0 Å². The lowest BCUT2D eigenvalue weighted by atomic mass is 9.73. The molecule has 0 N–H and O–H groups in total. The van der Waals surface area contributed by atoms with E-state index < -0.39 is 0 Å². The Morgan fingerprint density at radius 1 is 0.958 bits per heavy atom. The summed E-state index contributed by atoms with van der Waals surface area (Å²) in [6, 6.07) is 0. The Bertz CT molecular complexity index is 490. The molecule has 0 aliphatic heterocycles. The van der Waals surface area contributed by atoms with Crippen LogP contribution < -0.4 is 0 Å². The molecule has 0 aromatic carbocycles. The SMILES string of the molecule is CC1CC2C3CC(CC3C(=O)OC(C)(C)C3CCCCC3)C2C1C. The molecule has 0 amide bonds. The Kier molecular flexibility index (Phi) is 4.24. The third kappa shape index (κ3) is 2.63. The smallest absolute Gasteiger partial charge is 0.309 e. The van der Waals surface area contributed by atoms with E-state index in [4.69, 9.17) is 4.74 Å². The van der Waals surface area contributed by atoms with Gasteiger partial charge in [-0.25, -0.2) is 0 Å². The summed E-state index contributed by atoms with van der Waals surface area (Å²) in [6.07, 6.45) is 10.2. The lowest BCUT2D eigenvalue weighted by Crippen LogP contribution is -2.41. The van der Waals surface area contributed by atoms with Crippen LogP contribution >= 0.6 is 0 Å². The van der Waals surface area contributed by atoms with Gasteiger partial charge >= 0.3 is 5.97 Å². The van der Waals surface area contributed by atoms with Crippen LogP contribution in [0.2, 0.25) is 0 Å². The van der Waals surface area contributed by atoms with Gasteiger partial charge in [-0.2, -0.15) is 0 Å². The third-order valence-corrected chi connectivity index (χ3v) is 8.64. The molecule has 4 aliphatic rings. The predicted molar refractivity (Wildman–Crippen MR) is 96.4 cm³/mol. The van der Waals surface area contributed by atoms with Gasteiger partial charge in [0.25, 0.3) is 0 Å². The first-order valence-electron chi connectivity index (χ1n) is 10.6. The summed E-state index contributed by atoms with van der Waals surface area (Å²) in [7, 11) is 0. The van der Waals surface area contributed by atoms with E-state index in [2.05, 4.69) is 27.7 Å². The number of rotatable bonds is 3. The van der Waals surface area contributed by atoms with Crippen molar-refractivity contribution < 1.29 is 9.53 Å². The summed E-state index contributed by atoms with van der Waals surface area (Å²) in [5, 5.41) is 0. The van der Waals surface area contributed by atoms with Crippen molar-refractivity contribution in [2.24, 2.45) is 47.3 Å². The molecule has 4 saturated carbocycles. The second-order valence-corrected chi connectivity index (χ2v) is 10.2. The molecule has 2 heteroatoms. The van der Waals surface area contributed by atoms with Crippen molar-refractivity contribution in [2.75, 3.05) is 0 Å². The maximum absolute atomic E-state index is 13.0. The highest BCUT2D eigenvalue weighted by atomic mass is 16.6. The number of esters is 1. The monoisotopic (exact) mass is 332 g/mol. The molecule has 0 aromatic rings. The van der Waals surface area contributed by atoms with Crippen LogP contribution in [0.3, 0.4) is 0 Å². The summed E-state index contributed by atoms with van der Waals surface area (Å²) in [4.78, 5) is 13.0. The summed E-state index contributed by atoms with van der Waals surface area (Å²) >= 11 is 0. The highest BCUT2D eigenvalue weighted by Crippen LogP contribution is 2.64. The fourth-order valence-electron chi connectivity index (χ4n) is 7.20. The van der Waals surface area contributed by atoms with Crippen LogP contribution in [0.1, 0.15) is 79.1 Å². The molecule has 4 rings (SSSR count). The summed E-state index contributed by atoms with van der Waals surface area (Å²) < 4.78 is 6.18. The van der Waals surface area contributed by atoms with Gasteiger partial charge in [-0.1, -0.05) is 33.1 Å². The average molecular weight is 333 g/mol. The molecule has 0 radical (unpaired) electrons. The van der Waals surface area contributed by atoms with Crippen LogP contribution in [0.5, 0.6) is 0 Å². The first-order valence-corrected chi connectivity index (χ1v) is 10.6. The number of ether oxygens (including phenoxy) is 1. The van der Waals surface area contributed by atoms with E-state index in [1.54, 1.807) is 0 Å². The number of carbonyl (C=O) groups is 1. The Hall–Kier alpha value is -0.530. The average Bonchev–Trinajstić information content (AvgIpc) is 3.20. The standard InChI is InChI=1S/C22H36O2/c1-13-10-18-17-11-15(20(18)14(13)2)12-19(17)21(23)24-22(3,4)16-8-6-5-7-9-16/h13-20H,5-12H2,1-4H3. The second kappa shape index (κ2) is 6.02. The van der Waals surface area contributed by atoms with Crippen molar-refractivity contribution in [1.82, 2.24) is 0 Å². The first-order chi connectivity index (χ1) is 11.4. The van der Waals surface area contributed by atoms with Crippen molar-refractivity contribution in [2.45, 2.75) is 84.7 Å². The lowest BCUT2D eigenvalue weighted by Gasteiger charge is -2.39. The first kappa shape index (κ1) is 16.9. The van der Waals surface area contributed by atoms with Crippen molar-refractivity contribution >= 4 is 5.97 Å². The van der Waals surface area contributed by atoms with E-state index in [0.29, 0.717) is 11.8 Å². The molecule has 0 heterocycles. The van der Waals surface area contributed by atoms with Crippen molar-refractivity contribution in [3.8, 4) is 0 Å². The molecule has 0 saturated heterocycles. The summed E-state index contributed by atoms with van der Waals surface area (Å²) in [5.74, 6) is 5.76. The predicted octanol–water partition coefficient (Wildman–Crippen LogP) is 5.45. The molecular formula is C22H36O2. The number of hydrogen-bond donors (Lipinski definition) is 0. The van der Waals surface area contributed by atoms with Gasteiger partial charge in [0.2, 0.25) is 0 Å². The van der Waals surface area contributed by atoms with Crippen LogP contribution in [0.25, 0.3) is 0 Å². The molecular weight excluding hydrogens is 296 g/mol. The van der Waals surface area contributed by atoms with Gasteiger partial charge in [0.15, 0.2) is 0 Å². The maximum atomic E-state index is 13.0. The zero-order valence-electron chi connectivity index (χ0n) is 16.1. The fourth-order valence-corrected chi connectivity index (χ4v) is 7.20. The van der Waals surface area contributed by atoms with E-state index in [-0.39, 0.29) is 17.5 Å². The lowest BCUT2D eigenvalue weighted by molar-refractivity contribution is -0.171. The van der Waals surface area contributed by atoms with Crippen LogP contribution in [0.15, 0.2) is 0 Å². The molecule has 7 unspecified atom stereocenters.